The average molecular weight is 180 g/mol. The quantitative estimate of drug-likeness (QED) is 0.624. The van der Waals surface area contributed by atoms with Crippen molar-refractivity contribution >= 4 is 5.78 Å². The highest BCUT2D eigenvalue weighted by molar-refractivity contribution is 5.88. The molecule has 0 aromatic carbocycles. The van der Waals surface area contributed by atoms with Crippen LogP contribution in [0.4, 0.5) is 0 Å². The van der Waals surface area contributed by atoms with Gasteiger partial charge >= 0.3 is 5.69 Å². The fourth-order valence-electron chi connectivity index (χ4n) is 0.822. The van der Waals surface area contributed by atoms with Crippen molar-refractivity contribution in [3.8, 4) is 0 Å². The van der Waals surface area contributed by atoms with Crippen LogP contribution in [0.15, 0.2) is 34.5 Å². The smallest absolute Gasteiger partial charge is 0.314 e. The molecule has 1 rings (SSSR count). The van der Waals surface area contributed by atoms with E-state index in [4.69, 9.17) is 0 Å². The number of ketones is 1. The summed E-state index contributed by atoms with van der Waals surface area (Å²) >= 11 is 0. The number of allylic oxidation sites excluding steroid dienone is 1. The summed E-state index contributed by atoms with van der Waals surface area (Å²) in [7, 11) is 0. The number of aromatic amines is 1. The van der Waals surface area contributed by atoms with Gasteiger partial charge in [-0.25, -0.2) is 4.79 Å². The van der Waals surface area contributed by atoms with Crippen molar-refractivity contribution in [3.63, 3.8) is 0 Å². The van der Waals surface area contributed by atoms with E-state index in [1.165, 1.54) is 12.3 Å². The van der Waals surface area contributed by atoms with E-state index >= 15 is 0 Å². The maximum Gasteiger partial charge on any atom is 0.328 e. The summed E-state index contributed by atoms with van der Waals surface area (Å²) in [5.74, 6) is -0.376. The first-order valence-corrected chi connectivity index (χ1v) is 3.59. The summed E-state index contributed by atoms with van der Waals surface area (Å²) in [4.78, 5) is 35.2. The number of aromatic nitrogens is 2. The Balaban J connectivity index is 3.15. The number of carbonyl (C=O) groups excluding carboxylic acids is 1. The summed E-state index contributed by atoms with van der Waals surface area (Å²) in [6, 6.07) is 1.18. The molecule has 0 radical (unpaired) electrons. The van der Waals surface area contributed by atoms with Gasteiger partial charge < -0.3 is 4.98 Å². The molecule has 0 aliphatic rings. The zero-order chi connectivity index (χ0) is 9.84. The van der Waals surface area contributed by atoms with Gasteiger partial charge in [-0.05, 0) is 6.08 Å². The highest BCUT2D eigenvalue weighted by Crippen LogP contribution is 1.77. The van der Waals surface area contributed by atoms with E-state index in [-0.39, 0.29) is 12.3 Å². The summed E-state index contributed by atoms with van der Waals surface area (Å²) in [6.45, 7) is 2.97. The lowest BCUT2D eigenvalue weighted by Gasteiger charge is -1.98. The van der Waals surface area contributed by atoms with E-state index in [2.05, 4.69) is 11.6 Å². The van der Waals surface area contributed by atoms with Crippen molar-refractivity contribution in [2.45, 2.75) is 6.54 Å². The Kier molecular flexibility index (Phi) is 2.59. The maximum atomic E-state index is 11.0. The lowest BCUT2D eigenvalue weighted by atomic mass is 10.4. The van der Waals surface area contributed by atoms with E-state index in [1.54, 1.807) is 0 Å². The van der Waals surface area contributed by atoms with Crippen LogP contribution >= 0.6 is 0 Å². The Hall–Kier alpha value is -1.91. The van der Waals surface area contributed by atoms with E-state index in [0.717, 1.165) is 10.6 Å². The largest absolute Gasteiger partial charge is 0.328 e. The third kappa shape index (κ3) is 2.02. The van der Waals surface area contributed by atoms with Crippen molar-refractivity contribution in [1.29, 1.82) is 0 Å². The third-order valence-corrected chi connectivity index (χ3v) is 1.49. The summed E-state index contributed by atoms with van der Waals surface area (Å²) < 4.78 is 0.810. The van der Waals surface area contributed by atoms with Crippen molar-refractivity contribution < 1.29 is 4.79 Å². The average Bonchev–Trinajstić information content (AvgIpc) is 2.11. The molecule has 0 unspecified atom stereocenters. The minimum Gasteiger partial charge on any atom is -0.314 e. The fraction of sp³-hybridized carbons (Fsp3) is 0.125. The van der Waals surface area contributed by atoms with Crippen LogP contribution in [0.2, 0.25) is 0 Å². The minimum atomic E-state index is -0.595. The van der Waals surface area contributed by atoms with Gasteiger partial charge in [-0.1, -0.05) is 6.58 Å². The lowest BCUT2D eigenvalue weighted by molar-refractivity contribution is -0.115. The molecule has 5 nitrogen and oxygen atoms in total. The molecule has 0 atom stereocenters. The highest BCUT2D eigenvalue weighted by Gasteiger charge is 2.02. The molecule has 0 aliphatic heterocycles. The number of rotatable bonds is 3. The molecule has 5 heteroatoms. The van der Waals surface area contributed by atoms with Gasteiger partial charge in [-0.15, -0.1) is 0 Å². The van der Waals surface area contributed by atoms with Gasteiger partial charge in [0.2, 0.25) is 0 Å². The number of hydrogen-bond donors (Lipinski definition) is 1. The van der Waals surface area contributed by atoms with Gasteiger partial charge in [0.1, 0.15) is 0 Å². The zero-order valence-corrected chi connectivity index (χ0v) is 6.82. The van der Waals surface area contributed by atoms with Crippen LogP contribution < -0.4 is 11.2 Å². The minimum absolute atomic E-state index is 0.265. The van der Waals surface area contributed by atoms with Crippen molar-refractivity contribution in [2.24, 2.45) is 0 Å². The summed E-state index contributed by atoms with van der Waals surface area (Å²) in [5.41, 5.74) is -1.10. The Morgan fingerprint density at radius 2 is 2.31 bits per heavy atom. The maximum absolute atomic E-state index is 11.0. The Bertz CT molecular complexity index is 413. The molecular formula is C8H8N2O3. The van der Waals surface area contributed by atoms with Crippen LogP contribution in [0.25, 0.3) is 0 Å². The molecule has 13 heavy (non-hydrogen) atoms. The molecule has 0 aliphatic carbocycles. The molecular weight excluding hydrogens is 172 g/mol. The number of nitrogens with zero attached hydrogens (tertiary/aromatic N) is 1. The second kappa shape index (κ2) is 3.66. The number of H-pyrrole nitrogens is 1. The van der Waals surface area contributed by atoms with E-state index in [9.17, 15) is 14.4 Å². The Labute approximate surface area is 73.3 Å². The van der Waals surface area contributed by atoms with E-state index < -0.39 is 11.2 Å². The normalized spacial score (nSPS) is 9.54. The first kappa shape index (κ1) is 9.18. The molecule has 0 fully saturated rings. The Morgan fingerprint density at radius 3 is 2.85 bits per heavy atom. The molecule has 1 heterocycles. The second-order valence-corrected chi connectivity index (χ2v) is 2.38. The number of hydrogen-bond acceptors (Lipinski definition) is 3. The summed E-state index contributed by atoms with van der Waals surface area (Å²) in [6.07, 6.45) is 2.30. The predicted molar refractivity (Wildman–Crippen MR) is 46.5 cm³/mol. The van der Waals surface area contributed by atoms with Gasteiger partial charge in [0, 0.05) is 12.3 Å². The van der Waals surface area contributed by atoms with Gasteiger partial charge in [0.05, 0.1) is 6.54 Å². The molecule has 0 bridgehead atoms. The zero-order valence-electron chi connectivity index (χ0n) is 6.82. The van der Waals surface area contributed by atoms with Crippen LogP contribution in [0.5, 0.6) is 0 Å². The van der Waals surface area contributed by atoms with Crippen molar-refractivity contribution in [1.82, 2.24) is 9.55 Å². The molecule has 1 N–H and O–H groups in total. The predicted octanol–water partition coefficient (Wildman–Crippen LogP) is -0.708. The molecule has 0 saturated carbocycles. The molecule has 0 amide bonds. The fourth-order valence-corrected chi connectivity index (χ4v) is 0.822. The lowest BCUT2D eigenvalue weighted by Crippen LogP contribution is -2.35. The van der Waals surface area contributed by atoms with Gasteiger partial charge in [-0.3, -0.25) is 14.2 Å². The molecule has 0 spiro atoms. The first-order chi connectivity index (χ1) is 6.15. The summed E-state index contributed by atoms with van der Waals surface area (Å²) in [5, 5.41) is 0. The highest BCUT2D eigenvalue weighted by atomic mass is 16.2. The standard InChI is InChI=1S/C8H8N2O3/c1-2-6(11)5-10-7(12)3-4-9-8(10)13/h2-4H,1,5H2,(H,9,13). The van der Waals surface area contributed by atoms with Crippen LogP contribution in [0.1, 0.15) is 0 Å². The third-order valence-electron chi connectivity index (χ3n) is 1.49. The van der Waals surface area contributed by atoms with Crippen LogP contribution in [0.3, 0.4) is 0 Å². The molecule has 0 saturated heterocycles. The monoisotopic (exact) mass is 180 g/mol. The first-order valence-electron chi connectivity index (χ1n) is 3.59. The Morgan fingerprint density at radius 1 is 1.62 bits per heavy atom. The van der Waals surface area contributed by atoms with E-state index in [0.29, 0.717) is 0 Å². The molecule has 1 aromatic rings. The van der Waals surface area contributed by atoms with Crippen LogP contribution in [-0.4, -0.2) is 15.3 Å². The van der Waals surface area contributed by atoms with Gasteiger partial charge in [-0.2, -0.15) is 0 Å². The van der Waals surface area contributed by atoms with Crippen LogP contribution in [0, 0.1) is 0 Å². The molecule has 1 aromatic heterocycles. The van der Waals surface area contributed by atoms with Crippen molar-refractivity contribution in [2.75, 3.05) is 0 Å². The SMILES string of the molecule is C=CC(=O)Cn1c(=O)cc[nH]c1=O. The second-order valence-electron chi connectivity index (χ2n) is 2.38. The van der Waals surface area contributed by atoms with Gasteiger partial charge in [0.15, 0.2) is 5.78 Å². The topological polar surface area (TPSA) is 71.9 Å². The van der Waals surface area contributed by atoms with Gasteiger partial charge in [0.25, 0.3) is 5.56 Å². The molecule has 68 valence electrons. The van der Waals surface area contributed by atoms with Crippen molar-refractivity contribution in [3.05, 3.63) is 45.8 Å². The van der Waals surface area contributed by atoms with Crippen LogP contribution in [-0.2, 0) is 11.3 Å². The number of carbonyl (C=O) groups is 1. The van der Waals surface area contributed by atoms with E-state index in [1.807, 2.05) is 0 Å². The number of nitrogens with one attached hydrogen (secondary N) is 1.